The molecule has 1 aliphatic rings. The van der Waals surface area contributed by atoms with E-state index in [0.717, 1.165) is 5.56 Å². The van der Waals surface area contributed by atoms with Crippen LogP contribution in [-0.4, -0.2) is 30.1 Å². The summed E-state index contributed by atoms with van der Waals surface area (Å²) in [5.41, 5.74) is 6.75. The third-order valence-corrected chi connectivity index (χ3v) is 3.61. The topological polar surface area (TPSA) is 46.3 Å². The van der Waals surface area contributed by atoms with Gasteiger partial charge >= 0.3 is 6.18 Å². The number of rotatable bonds is 2. The van der Waals surface area contributed by atoms with Gasteiger partial charge < -0.3 is 10.6 Å². The standard InChI is InChI=1S/C14H17F3N2O/c15-14(16,17)12-2-1-7-19(9-12)13(20)11-5-3-10(8-18)4-6-11/h3-6,12H,1-2,7-9,18H2. The van der Waals surface area contributed by atoms with Gasteiger partial charge in [0, 0.05) is 25.2 Å². The van der Waals surface area contributed by atoms with Crippen molar-refractivity contribution < 1.29 is 18.0 Å². The molecular weight excluding hydrogens is 269 g/mol. The highest BCUT2D eigenvalue weighted by molar-refractivity contribution is 5.94. The van der Waals surface area contributed by atoms with Gasteiger partial charge in [-0.05, 0) is 30.5 Å². The number of likely N-dealkylation sites (tertiary alicyclic amines) is 1. The third kappa shape index (κ3) is 3.30. The van der Waals surface area contributed by atoms with Gasteiger partial charge in [0.05, 0.1) is 5.92 Å². The largest absolute Gasteiger partial charge is 0.393 e. The Kier molecular flexibility index (Phi) is 4.32. The second-order valence-corrected chi connectivity index (χ2v) is 5.03. The van der Waals surface area contributed by atoms with E-state index >= 15 is 0 Å². The Hall–Kier alpha value is -1.56. The molecule has 0 spiro atoms. The molecule has 1 saturated heterocycles. The van der Waals surface area contributed by atoms with Crippen LogP contribution >= 0.6 is 0 Å². The van der Waals surface area contributed by atoms with Gasteiger partial charge in [0.15, 0.2) is 0 Å². The van der Waals surface area contributed by atoms with Crippen molar-refractivity contribution in [2.45, 2.75) is 25.6 Å². The molecule has 1 aromatic carbocycles. The van der Waals surface area contributed by atoms with Crippen molar-refractivity contribution >= 4 is 5.91 Å². The maximum absolute atomic E-state index is 12.7. The summed E-state index contributed by atoms with van der Waals surface area (Å²) in [5.74, 6) is -1.76. The van der Waals surface area contributed by atoms with Crippen LogP contribution in [0.1, 0.15) is 28.8 Å². The van der Waals surface area contributed by atoms with Crippen molar-refractivity contribution in [3.05, 3.63) is 35.4 Å². The van der Waals surface area contributed by atoms with Gasteiger partial charge in [-0.3, -0.25) is 4.79 Å². The Morgan fingerprint density at radius 1 is 1.30 bits per heavy atom. The Bertz CT molecular complexity index is 470. The minimum atomic E-state index is -4.23. The predicted molar refractivity (Wildman–Crippen MR) is 69.0 cm³/mol. The number of piperidine rings is 1. The van der Waals surface area contributed by atoms with Gasteiger partial charge in [0.1, 0.15) is 0 Å². The smallest absolute Gasteiger partial charge is 0.338 e. The van der Waals surface area contributed by atoms with Gasteiger partial charge in [0.25, 0.3) is 5.91 Å². The van der Waals surface area contributed by atoms with Crippen LogP contribution in [0.3, 0.4) is 0 Å². The molecule has 1 heterocycles. The zero-order chi connectivity index (χ0) is 14.8. The normalized spacial score (nSPS) is 20.0. The van der Waals surface area contributed by atoms with Crippen molar-refractivity contribution in [2.24, 2.45) is 11.7 Å². The highest BCUT2D eigenvalue weighted by atomic mass is 19.4. The molecule has 6 heteroatoms. The van der Waals surface area contributed by atoms with Crippen molar-refractivity contribution in [1.82, 2.24) is 4.90 Å². The second-order valence-electron chi connectivity index (χ2n) is 5.03. The zero-order valence-corrected chi connectivity index (χ0v) is 11.0. The lowest BCUT2D eigenvalue weighted by molar-refractivity contribution is -0.184. The number of amides is 1. The van der Waals surface area contributed by atoms with Crippen LogP contribution in [-0.2, 0) is 6.54 Å². The summed E-state index contributed by atoms with van der Waals surface area (Å²) in [7, 11) is 0. The first-order valence-corrected chi connectivity index (χ1v) is 6.57. The summed E-state index contributed by atoms with van der Waals surface area (Å²) < 4.78 is 38.2. The Morgan fingerprint density at radius 2 is 1.95 bits per heavy atom. The van der Waals surface area contributed by atoms with Crippen LogP contribution in [0.15, 0.2) is 24.3 Å². The summed E-state index contributed by atoms with van der Waals surface area (Å²) in [6, 6.07) is 6.67. The van der Waals surface area contributed by atoms with E-state index in [2.05, 4.69) is 0 Å². The average Bonchev–Trinajstić information content (AvgIpc) is 2.46. The third-order valence-electron chi connectivity index (χ3n) is 3.61. The van der Waals surface area contributed by atoms with Crippen molar-refractivity contribution in [1.29, 1.82) is 0 Å². The molecule has 0 aromatic heterocycles. The van der Waals surface area contributed by atoms with Gasteiger partial charge in [-0.2, -0.15) is 13.2 Å². The zero-order valence-electron chi connectivity index (χ0n) is 11.0. The minimum Gasteiger partial charge on any atom is -0.338 e. The average molecular weight is 286 g/mol. The fraction of sp³-hybridized carbons (Fsp3) is 0.500. The molecule has 1 fully saturated rings. The maximum Gasteiger partial charge on any atom is 0.393 e. The second kappa shape index (κ2) is 5.83. The fourth-order valence-corrected chi connectivity index (χ4v) is 2.39. The van der Waals surface area contributed by atoms with E-state index in [1.54, 1.807) is 24.3 Å². The molecule has 2 rings (SSSR count). The molecule has 3 nitrogen and oxygen atoms in total. The number of hydrogen-bond acceptors (Lipinski definition) is 2. The molecule has 2 N–H and O–H groups in total. The first-order valence-electron chi connectivity index (χ1n) is 6.57. The number of alkyl halides is 3. The van der Waals surface area contributed by atoms with E-state index in [9.17, 15) is 18.0 Å². The number of nitrogens with zero attached hydrogens (tertiary/aromatic N) is 1. The SMILES string of the molecule is NCc1ccc(C(=O)N2CCCC(C(F)(F)F)C2)cc1. The lowest BCUT2D eigenvalue weighted by Crippen LogP contribution is -2.44. The minimum absolute atomic E-state index is 0.0966. The number of benzene rings is 1. The van der Waals surface area contributed by atoms with Crippen LogP contribution < -0.4 is 5.73 Å². The monoisotopic (exact) mass is 286 g/mol. The van der Waals surface area contributed by atoms with Crippen LogP contribution in [0.5, 0.6) is 0 Å². The first-order chi connectivity index (χ1) is 9.41. The lowest BCUT2D eigenvalue weighted by atomic mass is 9.97. The molecule has 1 aromatic rings. The summed E-state index contributed by atoms with van der Waals surface area (Å²) in [5, 5.41) is 0. The first kappa shape index (κ1) is 14.8. The highest BCUT2D eigenvalue weighted by Gasteiger charge is 2.42. The van der Waals surface area contributed by atoms with E-state index < -0.39 is 12.1 Å². The number of halogens is 3. The van der Waals surface area contributed by atoms with Crippen LogP contribution in [0, 0.1) is 5.92 Å². The molecule has 0 radical (unpaired) electrons. The van der Waals surface area contributed by atoms with Gasteiger partial charge in [-0.25, -0.2) is 0 Å². The van der Waals surface area contributed by atoms with Crippen LogP contribution in [0.4, 0.5) is 13.2 Å². The molecule has 1 atom stereocenters. The Balaban J connectivity index is 2.08. The van der Waals surface area contributed by atoms with Gasteiger partial charge in [0.2, 0.25) is 0 Å². The fourth-order valence-electron chi connectivity index (χ4n) is 2.39. The van der Waals surface area contributed by atoms with Crippen molar-refractivity contribution in [2.75, 3.05) is 13.1 Å². The van der Waals surface area contributed by atoms with E-state index in [4.69, 9.17) is 5.73 Å². The molecule has 1 aliphatic heterocycles. The predicted octanol–water partition coefficient (Wildman–Crippen LogP) is 2.56. The van der Waals surface area contributed by atoms with Crippen LogP contribution in [0.25, 0.3) is 0 Å². The number of carbonyl (C=O) groups excluding carboxylic acids is 1. The Morgan fingerprint density at radius 3 is 2.50 bits per heavy atom. The van der Waals surface area contributed by atoms with E-state index in [1.165, 1.54) is 4.90 Å². The lowest BCUT2D eigenvalue weighted by Gasteiger charge is -2.33. The molecule has 0 aliphatic carbocycles. The van der Waals surface area contributed by atoms with Crippen molar-refractivity contribution in [3.8, 4) is 0 Å². The number of carbonyl (C=O) groups is 1. The maximum atomic E-state index is 12.7. The molecule has 1 amide bonds. The quantitative estimate of drug-likeness (QED) is 0.908. The van der Waals surface area contributed by atoms with E-state index in [-0.39, 0.29) is 18.9 Å². The molecular formula is C14H17F3N2O. The van der Waals surface area contributed by atoms with Gasteiger partial charge in [-0.15, -0.1) is 0 Å². The van der Waals surface area contributed by atoms with E-state index in [1.807, 2.05) is 0 Å². The number of nitrogens with two attached hydrogens (primary N) is 1. The summed E-state index contributed by atoms with van der Waals surface area (Å²) in [6.07, 6.45) is -3.75. The molecule has 110 valence electrons. The Labute approximate surface area is 115 Å². The molecule has 0 bridgehead atoms. The molecule has 20 heavy (non-hydrogen) atoms. The van der Waals surface area contributed by atoms with Crippen LogP contribution in [0.2, 0.25) is 0 Å². The highest BCUT2D eigenvalue weighted by Crippen LogP contribution is 2.33. The van der Waals surface area contributed by atoms with E-state index in [0.29, 0.717) is 25.1 Å². The number of hydrogen-bond donors (Lipinski definition) is 1. The molecule has 1 unspecified atom stereocenters. The summed E-state index contributed by atoms with van der Waals surface area (Å²) in [6.45, 7) is 0.499. The molecule has 0 saturated carbocycles. The van der Waals surface area contributed by atoms with Gasteiger partial charge in [-0.1, -0.05) is 12.1 Å². The van der Waals surface area contributed by atoms with Crippen molar-refractivity contribution in [3.63, 3.8) is 0 Å². The summed E-state index contributed by atoms with van der Waals surface area (Å²) in [4.78, 5) is 13.5. The summed E-state index contributed by atoms with van der Waals surface area (Å²) >= 11 is 0.